The highest BCUT2D eigenvalue weighted by Crippen LogP contribution is 2.55. The van der Waals surface area contributed by atoms with Crippen molar-refractivity contribution in [1.82, 2.24) is 0 Å². The van der Waals surface area contributed by atoms with Gasteiger partial charge in [0.15, 0.2) is 5.60 Å². The third kappa shape index (κ3) is 2.98. The average Bonchev–Trinajstić information content (AvgIpc) is 3.09. The van der Waals surface area contributed by atoms with Crippen molar-refractivity contribution in [3.8, 4) is 5.75 Å². The minimum atomic E-state index is -1.17. The van der Waals surface area contributed by atoms with Gasteiger partial charge in [-0.1, -0.05) is 43.0 Å². The van der Waals surface area contributed by atoms with Gasteiger partial charge in [-0.3, -0.25) is 0 Å². The standard InChI is InChI=1S/C27H22N2O3/c1-3-24-23(15-17(2)29-19-9-5-4-6-10-19)27(22-14-13-18(28)16-25(22)31-24)21-12-8-7-11-20(21)26(30)32-27/h3-16,29H,2,28H2,1H3/b23-15+,24-3+. The Labute approximate surface area is 186 Å². The molecule has 1 spiro atoms. The predicted octanol–water partition coefficient (Wildman–Crippen LogP) is 5.53. The first-order valence-corrected chi connectivity index (χ1v) is 10.3. The lowest BCUT2D eigenvalue weighted by Crippen LogP contribution is -2.36. The molecule has 0 fully saturated rings. The summed E-state index contributed by atoms with van der Waals surface area (Å²) in [5.41, 5.74) is 9.65. The number of ether oxygens (including phenoxy) is 2. The van der Waals surface area contributed by atoms with Crippen LogP contribution in [0.1, 0.15) is 28.4 Å². The lowest BCUT2D eigenvalue weighted by molar-refractivity contribution is 0.0202. The number of hydrogen-bond donors (Lipinski definition) is 2. The Hall–Kier alpha value is -4.25. The second kappa shape index (κ2) is 7.46. The van der Waals surface area contributed by atoms with E-state index in [1.54, 1.807) is 18.2 Å². The molecule has 1 unspecified atom stereocenters. The fourth-order valence-corrected chi connectivity index (χ4v) is 4.33. The van der Waals surface area contributed by atoms with Gasteiger partial charge >= 0.3 is 5.97 Å². The highest BCUT2D eigenvalue weighted by molar-refractivity contribution is 5.97. The van der Waals surface area contributed by atoms with Crippen molar-refractivity contribution >= 4 is 17.3 Å². The molecule has 3 aromatic carbocycles. The molecule has 158 valence electrons. The van der Waals surface area contributed by atoms with Crippen LogP contribution < -0.4 is 15.8 Å². The van der Waals surface area contributed by atoms with E-state index in [0.29, 0.717) is 34.0 Å². The zero-order chi connectivity index (χ0) is 22.3. The molecule has 0 radical (unpaired) electrons. The van der Waals surface area contributed by atoms with Crippen LogP contribution in [0.15, 0.2) is 109 Å². The van der Waals surface area contributed by atoms with Gasteiger partial charge < -0.3 is 20.5 Å². The number of rotatable bonds is 3. The van der Waals surface area contributed by atoms with E-state index >= 15 is 0 Å². The van der Waals surface area contributed by atoms with Crippen molar-refractivity contribution in [3.05, 3.63) is 125 Å². The minimum Gasteiger partial charge on any atom is -0.457 e. The van der Waals surface area contributed by atoms with E-state index in [0.717, 1.165) is 16.8 Å². The number of fused-ring (bicyclic) bond motifs is 4. The van der Waals surface area contributed by atoms with Crippen LogP contribution in [0.4, 0.5) is 11.4 Å². The van der Waals surface area contributed by atoms with Crippen LogP contribution in [0, 0.1) is 0 Å². The monoisotopic (exact) mass is 422 g/mol. The van der Waals surface area contributed by atoms with Gasteiger partial charge in [-0.2, -0.15) is 0 Å². The van der Waals surface area contributed by atoms with Gasteiger partial charge in [0.05, 0.1) is 5.56 Å². The summed E-state index contributed by atoms with van der Waals surface area (Å²) in [4.78, 5) is 13.0. The fraction of sp³-hybridized carbons (Fsp3) is 0.0741. The summed E-state index contributed by atoms with van der Waals surface area (Å²) in [5.74, 6) is 0.748. The molecule has 32 heavy (non-hydrogen) atoms. The first kappa shape index (κ1) is 19.7. The molecule has 2 aliphatic heterocycles. The van der Waals surface area contributed by atoms with Crippen LogP contribution in [-0.2, 0) is 10.3 Å². The SMILES string of the molecule is C=C(/C=C1\C(=C/C)Oc2cc(N)ccc2C12OC(=O)c1ccccc12)Nc1ccccc1. The van der Waals surface area contributed by atoms with Crippen molar-refractivity contribution in [1.29, 1.82) is 0 Å². The van der Waals surface area contributed by atoms with Gasteiger partial charge in [-0.05, 0) is 49.4 Å². The van der Waals surface area contributed by atoms with Gasteiger partial charge in [0.25, 0.3) is 0 Å². The first-order chi connectivity index (χ1) is 15.5. The maximum atomic E-state index is 13.0. The van der Waals surface area contributed by atoms with E-state index in [1.807, 2.05) is 73.7 Å². The average molecular weight is 422 g/mol. The third-order valence-corrected chi connectivity index (χ3v) is 5.68. The molecule has 0 amide bonds. The van der Waals surface area contributed by atoms with Crippen molar-refractivity contribution in [2.45, 2.75) is 12.5 Å². The zero-order valence-electron chi connectivity index (χ0n) is 17.6. The molecule has 2 heterocycles. The summed E-state index contributed by atoms with van der Waals surface area (Å²) in [6.07, 6.45) is 3.72. The van der Waals surface area contributed by atoms with Crippen LogP contribution >= 0.6 is 0 Å². The Bertz CT molecular complexity index is 1310. The second-order valence-corrected chi connectivity index (χ2v) is 7.70. The molecule has 3 N–H and O–H groups in total. The minimum absolute atomic E-state index is 0.381. The number of hydrogen-bond acceptors (Lipinski definition) is 5. The van der Waals surface area contributed by atoms with Crippen molar-refractivity contribution in [2.75, 3.05) is 11.1 Å². The number of para-hydroxylation sites is 1. The predicted molar refractivity (Wildman–Crippen MR) is 125 cm³/mol. The van der Waals surface area contributed by atoms with Crippen LogP contribution in [0.2, 0.25) is 0 Å². The topological polar surface area (TPSA) is 73.6 Å². The summed E-state index contributed by atoms with van der Waals surface area (Å²) in [6, 6.07) is 22.6. The number of anilines is 2. The summed E-state index contributed by atoms with van der Waals surface area (Å²) < 4.78 is 12.4. The van der Waals surface area contributed by atoms with Crippen LogP contribution in [0.3, 0.4) is 0 Å². The smallest absolute Gasteiger partial charge is 0.340 e. The molecule has 0 saturated carbocycles. The number of benzene rings is 3. The molecule has 2 aliphatic rings. The lowest BCUT2D eigenvalue weighted by Gasteiger charge is -2.38. The van der Waals surface area contributed by atoms with E-state index in [2.05, 4.69) is 11.9 Å². The number of esters is 1. The normalized spacial score (nSPS) is 21.1. The lowest BCUT2D eigenvalue weighted by atomic mass is 9.76. The highest BCUT2D eigenvalue weighted by Gasteiger charge is 2.54. The first-order valence-electron chi connectivity index (χ1n) is 10.3. The molecule has 0 aromatic heterocycles. The Kier molecular flexibility index (Phi) is 4.59. The number of carbonyl (C=O) groups excluding carboxylic acids is 1. The molecular weight excluding hydrogens is 400 g/mol. The van der Waals surface area contributed by atoms with E-state index in [-0.39, 0.29) is 5.97 Å². The fourth-order valence-electron chi connectivity index (χ4n) is 4.33. The van der Waals surface area contributed by atoms with E-state index in [4.69, 9.17) is 15.2 Å². The molecule has 1 atom stereocenters. The number of carbonyl (C=O) groups is 1. The quantitative estimate of drug-likeness (QED) is 0.429. The second-order valence-electron chi connectivity index (χ2n) is 7.70. The molecule has 0 saturated heterocycles. The summed E-state index contributed by atoms with van der Waals surface area (Å²) in [7, 11) is 0. The van der Waals surface area contributed by atoms with Crippen LogP contribution in [0.25, 0.3) is 0 Å². The Morgan fingerprint density at radius 1 is 1.03 bits per heavy atom. The highest BCUT2D eigenvalue weighted by atomic mass is 16.6. The maximum Gasteiger partial charge on any atom is 0.340 e. The molecule has 5 heteroatoms. The van der Waals surface area contributed by atoms with Gasteiger partial charge in [0, 0.05) is 39.8 Å². The zero-order valence-corrected chi connectivity index (χ0v) is 17.6. The molecule has 5 rings (SSSR count). The van der Waals surface area contributed by atoms with Crippen molar-refractivity contribution < 1.29 is 14.3 Å². The van der Waals surface area contributed by atoms with Gasteiger partial charge in [0.2, 0.25) is 0 Å². The number of nitrogen functional groups attached to an aromatic ring is 1. The number of nitrogens with two attached hydrogens (primary N) is 1. The number of allylic oxidation sites excluding steroid dienone is 2. The van der Waals surface area contributed by atoms with Crippen molar-refractivity contribution in [2.24, 2.45) is 0 Å². The summed E-state index contributed by atoms with van der Waals surface area (Å²) in [5, 5.41) is 3.29. The largest absolute Gasteiger partial charge is 0.457 e. The van der Waals surface area contributed by atoms with Gasteiger partial charge in [-0.25, -0.2) is 4.79 Å². The third-order valence-electron chi connectivity index (χ3n) is 5.68. The van der Waals surface area contributed by atoms with Crippen molar-refractivity contribution in [3.63, 3.8) is 0 Å². The molecule has 5 nitrogen and oxygen atoms in total. The van der Waals surface area contributed by atoms with Gasteiger partial charge in [0.1, 0.15) is 11.5 Å². The summed E-state index contributed by atoms with van der Waals surface area (Å²) >= 11 is 0. The molecule has 3 aromatic rings. The molecular formula is C27H22N2O3. The molecule has 0 aliphatic carbocycles. The van der Waals surface area contributed by atoms with E-state index < -0.39 is 5.60 Å². The Morgan fingerprint density at radius 3 is 2.56 bits per heavy atom. The maximum absolute atomic E-state index is 13.0. The summed E-state index contributed by atoms with van der Waals surface area (Å²) in [6.45, 7) is 6.06. The Balaban J connectivity index is 1.74. The number of nitrogens with one attached hydrogen (secondary N) is 1. The van der Waals surface area contributed by atoms with Crippen LogP contribution in [-0.4, -0.2) is 5.97 Å². The van der Waals surface area contributed by atoms with Crippen LogP contribution in [0.5, 0.6) is 5.75 Å². The van der Waals surface area contributed by atoms with E-state index in [9.17, 15) is 4.79 Å². The Morgan fingerprint density at radius 2 is 1.78 bits per heavy atom. The molecule has 0 bridgehead atoms. The van der Waals surface area contributed by atoms with Gasteiger partial charge in [-0.15, -0.1) is 0 Å². The van der Waals surface area contributed by atoms with E-state index in [1.165, 1.54) is 0 Å².